The van der Waals surface area contributed by atoms with Crippen LogP contribution in [0.25, 0.3) is 10.8 Å². The lowest BCUT2D eigenvalue weighted by Gasteiger charge is -2.00. The van der Waals surface area contributed by atoms with Gasteiger partial charge in [0.05, 0.1) is 0 Å². The topological polar surface area (TPSA) is 12.9 Å². The van der Waals surface area contributed by atoms with E-state index < -0.39 is 0 Å². The molecule has 14 heavy (non-hydrogen) atoms. The summed E-state index contributed by atoms with van der Waals surface area (Å²) in [5.41, 5.74) is 1.07. The second-order valence-electron chi connectivity index (χ2n) is 2.75. The summed E-state index contributed by atoms with van der Waals surface area (Å²) in [7, 11) is 0. The first-order valence-electron chi connectivity index (χ1n) is 4.79. The number of halogens is 1. The second-order valence-corrected chi connectivity index (χ2v) is 3.56. The van der Waals surface area contributed by atoms with Crippen molar-refractivity contribution in [3.63, 3.8) is 0 Å². The van der Waals surface area contributed by atoms with E-state index in [4.69, 9.17) is 0 Å². The van der Waals surface area contributed by atoms with Crippen LogP contribution in [-0.2, 0) is 0 Å². The van der Waals surface area contributed by atoms with E-state index in [9.17, 15) is 0 Å². The fourth-order valence-corrected chi connectivity index (χ4v) is 1.85. The molecule has 0 aliphatic rings. The van der Waals surface area contributed by atoms with Gasteiger partial charge in [-0.1, -0.05) is 38.1 Å². The molecule has 2 rings (SSSR count). The maximum atomic E-state index is 4.32. The maximum absolute atomic E-state index is 4.32. The molecule has 1 aromatic carbocycles. The highest BCUT2D eigenvalue weighted by atomic mass is 79.9. The summed E-state index contributed by atoms with van der Waals surface area (Å²) in [6, 6.07) is 10.3. The summed E-state index contributed by atoms with van der Waals surface area (Å²) in [6.45, 7) is 6.02. The Morgan fingerprint density at radius 1 is 1.14 bits per heavy atom. The van der Waals surface area contributed by atoms with Gasteiger partial charge in [0.1, 0.15) is 4.60 Å². The van der Waals surface area contributed by atoms with E-state index in [2.05, 4.69) is 33.0 Å². The monoisotopic (exact) mass is 251 g/mol. The minimum atomic E-state index is 0.902. The van der Waals surface area contributed by atoms with Crippen LogP contribution in [0.15, 0.2) is 34.9 Å². The molecule has 0 aliphatic heterocycles. The Morgan fingerprint density at radius 2 is 1.79 bits per heavy atom. The molecule has 2 aromatic rings. The number of hydrogen-bond acceptors (Lipinski definition) is 1. The SMILES string of the molecule is CC.Cc1nc(Br)cc2ccccc12. The number of nitrogens with zero attached hydrogens (tertiary/aromatic N) is 1. The Hall–Kier alpha value is -0.890. The molecule has 0 saturated carbocycles. The van der Waals surface area contributed by atoms with Crippen molar-refractivity contribution in [2.45, 2.75) is 20.8 Å². The molecule has 0 radical (unpaired) electrons. The van der Waals surface area contributed by atoms with Crippen LogP contribution in [0.2, 0.25) is 0 Å². The number of rotatable bonds is 0. The average molecular weight is 252 g/mol. The molecule has 0 N–H and O–H groups in total. The number of fused-ring (bicyclic) bond motifs is 1. The summed E-state index contributed by atoms with van der Waals surface area (Å²) in [5.74, 6) is 0. The Kier molecular flexibility index (Phi) is 4.08. The minimum absolute atomic E-state index is 0.902. The van der Waals surface area contributed by atoms with Gasteiger partial charge >= 0.3 is 0 Å². The zero-order valence-corrected chi connectivity index (χ0v) is 10.3. The summed E-state index contributed by atoms with van der Waals surface area (Å²) >= 11 is 3.37. The highest BCUT2D eigenvalue weighted by molar-refractivity contribution is 9.10. The zero-order chi connectivity index (χ0) is 10.6. The predicted octanol–water partition coefficient (Wildman–Crippen LogP) is 4.33. The number of aromatic nitrogens is 1. The second kappa shape index (κ2) is 5.11. The molecule has 0 aliphatic carbocycles. The predicted molar refractivity (Wildman–Crippen MR) is 65.5 cm³/mol. The van der Waals surface area contributed by atoms with Crippen LogP contribution in [0.5, 0.6) is 0 Å². The van der Waals surface area contributed by atoms with Crippen molar-refractivity contribution < 1.29 is 0 Å². The van der Waals surface area contributed by atoms with Crippen molar-refractivity contribution in [1.29, 1.82) is 0 Å². The molecule has 1 heterocycles. The average Bonchev–Trinajstić information content (AvgIpc) is 2.20. The lowest BCUT2D eigenvalue weighted by molar-refractivity contribution is 1.20. The van der Waals surface area contributed by atoms with Crippen LogP contribution >= 0.6 is 15.9 Å². The minimum Gasteiger partial charge on any atom is -0.246 e. The van der Waals surface area contributed by atoms with Gasteiger partial charge in [0.15, 0.2) is 0 Å². The fraction of sp³-hybridized carbons (Fsp3) is 0.250. The van der Waals surface area contributed by atoms with Crippen LogP contribution < -0.4 is 0 Å². The molecule has 0 atom stereocenters. The fourth-order valence-electron chi connectivity index (χ4n) is 1.33. The van der Waals surface area contributed by atoms with Gasteiger partial charge in [0, 0.05) is 11.1 Å². The van der Waals surface area contributed by atoms with E-state index in [-0.39, 0.29) is 0 Å². The van der Waals surface area contributed by atoms with Gasteiger partial charge in [-0.2, -0.15) is 0 Å². The summed E-state index contributed by atoms with van der Waals surface area (Å²) in [4.78, 5) is 4.32. The maximum Gasteiger partial charge on any atom is 0.107 e. The normalized spacial score (nSPS) is 9.43. The van der Waals surface area contributed by atoms with Gasteiger partial charge in [0.2, 0.25) is 0 Å². The summed E-state index contributed by atoms with van der Waals surface area (Å²) < 4.78 is 0.902. The third-order valence-electron chi connectivity index (χ3n) is 1.90. The number of pyridine rings is 1. The van der Waals surface area contributed by atoms with Gasteiger partial charge in [-0.3, -0.25) is 0 Å². The first-order valence-corrected chi connectivity index (χ1v) is 5.58. The number of hydrogen-bond donors (Lipinski definition) is 0. The first-order chi connectivity index (χ1) is 6.77. The van der Waals surface area contributed by atoms with E-state index in [1.807, 2.05) is 39.0 Å². The smallest absolute Gasteiger partial charge is 0.107 e. The molecule has 2 heteroatoms. The van der Waals surface area contributed by atoms with Crippen LogP contribution in [-0.4, -0.2) is 4.98 Å². The molecule has 0 fully saturated rings. The molecule has 0 unspecified atom stereocenters. The van der Waals surface area contributed by atoms with Crippen molar-refractivity contribution >= 4 is 26.7 Å². The van der Waals surface area contributed by atoms with E-state index >= 15 is 0 Å². The first kappa shape index (κ1) is 11.2. The Labute approximate surface area is 93.3 Å². The van der Waals surface area contributed by atoms with Crippen LogP contribution in [0.1, 0.15) is 19.5 Å². The molecular weight excluding hydrogens is 238 g/mol. The van der Waals surface area contributed by atoms with Crippen molar-refractivity contribution in [1.82, 2.24) is 4.98 Å². The van der Waals surface area contributed by atoms with Crippen LogP contribution in [0.3, 0.4) is 0 Å². The molecular formula is C12H14BrN. The number of aryl methyl sites for hydroxylation is 1. The van der Waals surface area contributed by atoms with Crippen molar-refractivity contribution in [3.8, 4) is 0 Å². The highest BCUT2D eigenvalue weighted by Crippen LogP contribution is 2.19. The molecule has 0 saturated heterocycles. The van der Waals surface area contributed by atoms with Crippen molar-refractivity contribution in [2.24, 2.45) is 0 Å². The van der Waals surface area contributed by atoms with Gasteiger partial charge in [-0.25, -0.2) is 4.98 Å². The molecule has 74 valence electrons. The third-order valence-corrected chi connectivity index (χ3v) is 2.31. The molecule has 0 bridgehead atoms. The number of benzene rings is 1. The summed E-state index contributed by atoms with van der Waals surface area (Å²) in [6.07, 6.45) is 0. The van der Waals surface area contributed by atoms with Gasteiger partial charge in [0.25, 0.3) is 0 Å². The van der Waals surface area contributed by atoms with Crippen molar-refractivity contribution in [2.75, 3.05) is 0 Å². The lowest BCUT2D eigenvalue weighted by Crippen LogP contribution is -1.84. The van der Waals surface area contributed by atoms with E-state index in [1.54, 1.807) is 0 Å². The Bertz CT molecular complexity index is 424. The van der Waals surface area contributed by atoms with E-state index in [1.165, 1.54) is 10.8 Å². The highest BCUT2D eigenvalue weighted by Gasteiger charge is 1.98. The Balaban J connectivity index is 0.000000461. The standard InChI is InChI=1S/C10H8BrN.C2H6/c1-7-9-5-3-2-4-8(9)6-10(11)12-7;1-2/h2-6H,1H3;1-2H3. The zero-order valence-electron chi connectivity index (χ0n) is 8.71. The molecule has 1 nitrogen and oxygen atoms in total. The molecule has 1 aromatic heterocycles. The van der Waals surface area contributed by atoms with Crippen LogP contribution in [0.4, 0.5) is 0 Å². The van der Waals surface area contributed by atoms with Crippen molar-refractivity contribution in [3.05, 3.63) is 40.6 Å². The van der Waals surface area contributed by atoms with Gasteiger partial charge in [-0.15, -0.1) is 0 Å². The quantitative estimate of drug-likeness (QED) is 0.636. The largest absolute Gasteiger partial charge is 0.246 e. The summed E-state index contributed by atoms with van der Waals surface area (Å²) in [5, 5.41) is 2.46. The molecule has 0 spiro atoms. The van der Waals surface area contributed by atoms with Gasteiger partial charge in [-0.05, 0) is 34.3 Å². The van der Waals surface area contributed by atoms with Crippen LogP contribution in [0, 0.1) is 6.92 Å². The molecule has 0 amide bonds. The van der Waals surface area contributed by atoms with Gasteiger partial charge < -0.3 is 0 Å². The third kappa shape index (κ3) is 2.32. The Morgan fingerprint density at radius 3 is 2.50 bits per heavy atom. The van der Waals surface area contributed by atoms with E-state index in [0.717, 1.165) is 10.3 Å². The van der Waals surface area contributed by atoms with E-state index in [0.29, 0.717) is 0 Å². The lowest BCUT2D eigenvalue weighted by atomic mass is 10.1.